The molecule has 3 aromatic rings. The van der Waals surface area contributed by atoms with Crippen LogP contribution in [0.4, 0.5) is 5.69 Å². The summed E-state index contributed by atoms with van der Waals surface area (Å²) in [4.78, 5) is 25.9. The van der Waals surface area contributed by atoms with Crippen LogP contribution < -0.4 is 18.9 Å². The number of hydrogen-bond donors (Lipinski definition) is 0. The van der Waals surface area contributed by atoms with E-state index in [0.29, 0.717) is 41.5 Å². The van der Waals surface area contributed by atoms with Crippen molar-refractivity contribution in [2.24, 2.45) is 0 Å². The lowest BCUT2D eigenvalue weighted by Crippen LogP contribution is -2.42. The van der Waals surface area contributed by atoms with Crippen LogP contribution in [0.5, 0.6) is 23.0 Å². The van der Waals surface area contributed by atoms with Gasteiger partial charge in [0.05, 0.1) is 37.9 Å². The highest BCUT2D eigenvalue weighted by Gasteiger charge is 2.34. The number of nitrogens with zero attached hydrogens (tertiary/aromatic N) is 2. The molecule has 0 saturated carbocycles. The molecule has 3 aromatic carbocycles. The van der Waals surface area contributed by atoms with Crippen molar-refractivity contribution >= 4 is 11.6 Å². The number of para-hydroxylation sites is 1. The second-order valence-corrected chi connectivity index (χ2v) is 7.93. The SMILES string of the molecule is COc1cc2c(cc1OC)[C@H](COc1ccc([N+](=O)[O-])cc1)N(C(=O)c1ccccc1OC)CC2. The third kappa shape index (κ3) is 4.84. The largest absolute Gasteiger partial charge is 0.496 e. The molecule has 1 aliphatic heterocycles. The minimum absolute atomic E-state index is 0.0230. The van der Waals surface area contributed by atoms with Crippen molar-refractivity contribution in [3.63, 3.8) is 0 Å². The highest BCUT2D eigenvalue weighted by atomic mass is 16.6. The van der Waals surface area contributed by atoms with Crippen molar-refractivity contribution in [3.8, 4) is 23.0 Å². The smallest absolute Gasteiger partial charge is 0.269 e. The van der Waals surface area contributed by atoms with Gasteiger partial charge in [-0.25, -0.2) is 0 Å². The fourth-order valence-electron chi connectivity index (χ4n) is 4.27. The Bertz CT molecular complexity index is 1230. The number of carbonyl (C=O) groups is 1. The van der Waals surface area contributed by atoms with E-state index in [0.717, 1.165) is 11.1 Å². The molecule has 182 valence electrons. The molecular formula is C26H26N2O7. The van der Waals surface area contributed by atoms with Crippen molar-refractivity contribution in [2.45, 2.75) is 12.5 Å². The first-order valence-corrected chi connectivity index (χ1v) is 11.0. The number of ether oxygens (including phenoxy) is 4. The van der Waals surface area contributed by atoms with Gasteiger partial charge < -0.3 is 23.8 Å². The topological polar surface area (TPSA) is 100 Å². The normalized spacial score (nSPS) is 14.6. The molecule has 4 rings (SSSR count). The maximum atomic E-state index is 13.7. The first-order chi connectivity index (χ1) is 17.0. The lowest BCUT2D eigenvalue weighted by molar-refractivity contribution is -0.384. The van der Waals surface area contributed by atoms with Crippen LogP contribution in [0.25, 0.3) is 0 Å². The van der Waals surface area contributed by atoms with E-state index in [1.807, 2.05) is 18.2 Å². The van der Waals surface area contributed by atoms with Gasteiger partial charge in [0.15, 0.2) is 11.5 Å². The molecule has 0 fully saturated rings. The van der Waals surface area contributed by atoms with Crippen molar-refractivity contribution in [1.29, 1.82) is 0 Å². The Balaban J connectivity index is 1.70. The van der Waals surface area contributed by atoms with E-state index in [1.54, 1.807) is 49.5 Å². The lowest BCUT2D eigenvalue weighted by Gasteiger charge is -2.38. The zero-order valence-electron chi connectivity index (χ0n) is 19.7. The van der Waals surface area contributed by atoms with E-state index in [1.165, 1.54) is 19.2 Å². The van der Waals surface area contributed by atoms with Crippen LogP contribution in [0.2, 0.25) is 0 Å². The van der Waals surface area contributed by atoms with E-state index in [9.17, 15) is 14.9 Å². The van der Waals surface area contributed by atoms with Crippen LogP contribution in [-0.2, 0) is 6.42 Å². The molecule has 1 amide bonds. The van der Waals surface area contributed by atoms with Crippen LogP contribution in [-0.4, -0.2) is 50.2 Å². The van der Waals surface area contributed by atoms with Gasteiger partial charge in [-0.2, -0.15) is 0 Å². The van der Waals surface area contributed by atoms with Crippen LogP contribution in [0.3, 0.4) is 0 Å². The maximum absolute atomic E-state index is 13.7. The zero-order valence-corrected chi connectivity index (χ0v) is 19.7. The van der Waals surface area contributed by atoms with E-state index in [2.05, 4.69) is 0 Å². The molecule has 1 heterocycles. The molecule has 0 saturated heterocycles. The Labute approximate surface area is 202 Å². The Kier molecular flexibility index (Phi) is 7.05. The molecule has 35 heavy (non-hydrogen) atoms. The summed E-state index contributed by atoms with van der Waals surface area (Å²) in [6.45, 7) is 0.606. The van der Waals surface area contributed by atoms with Crippen LogP contribution in [0, 0.1) is 10.1 Å². The minimum Gasteiger partial charge on any atom is -0.496 e. The Morgan fingerprint density at radius 1 is 0.971 bits per heavy atom. The second kappa shape index (κ2) is 10.3. The van der Waals surface area contributed by atoms with Crippen LogP contribution in [0.15, 0.2) is 60.7 Å². The van der Waals surface area contributed by atoms with Gasteiger partial charge in [0.1, 0.15) is 18.1 Å². The van der Waals surface area contributed by atoms with Crippen molar-refractivity contribution in [3.05, 3.63) is 87.5 Å². The average molecular weight is 479 g/mol. The Morgan fingerprint density at radius 2 is 1.63 bits per heavy atom. The number of nitro groups is 1. The summed E-state index contributed by atoms with van der Waals surface area (Å²) < 4.78 is 22.4. The van der Waals surface area contributed by atoms with E-state index < -0.39 is 11.0 Å². The molecule has 0 N–H and O–H groups in total. The number of fused-ring (bicyclic) bond motifs is 1. The van der Waals surface area contributed by atoms with Crippen LogP contribution in [0.1, 0.15) is 27.5 Å². The highest BCUT2D eigenvalue weighted by molar-refractivity contribution is 5.97. The van der Waals surface area contributed by atoms with Gasteiger partial charge in [0.2, 0.25) is 0 Å². The number of methoxy groups -OCH3 is 3. The summed E-state index contributed by atoms with van der Waals surface area (Å²) >= 11 is 0. The molecule has 1 aliphatic rings. The number of non-ortho nitro benzene ring substituents is 1. The van der Waals surface area contributed by atoms with Gasteiger partial charge >= 0.3 is 0 Å². The van der Waals surface area contributed by atoms with Crippen LogP contribution >= 0.6 is 0 Å². The summed E-state index contributed by atoms with van der Waals surface area (Å²) in [6.07, 6.45) is 0.630. The predicted molar refractivity (Wildman–Crippen MR) is 129 cm³/mol. The number of rotatable bonds is 8. The van der Waals surface area contributed by atoms with Gasteiger partial charge in [-0.1, -0.05) is 12.1 Å². The second-order valence-electron chi connectivity index (χ2n) is 7.93. The predicted octanol–water partition coefficient (Wildman–Crippen LogP) is 4.44. The quantitative estimate of drug-likeness (QED) is 0.349. The molecule has 0 bridgehead atoms. The van der Waals surface area contributed by atoms with Gasteiger partial charge in [0, 0.05) is 18.7 Å². The Hall–Kier alpha value is -4.27. The third-order valence-corrected chi connectivity index (χ3v) is 6.06. The van der Waals surface area contributed by atoms with E-state index >= 15 is 0 Å². The van der Waals surface area contributed by atoms with Gasteiger partial charge in [-0.3, -0.25) is 14.9 Å². The maximum Gasteiger partial charge on any atom is 0.269 e. The standard InChI is InChI=1S/C26H26N2O7/c1-32-23-7-5-4-6-20(23)26(29)27-13-12-17-14-24(33-2)25(34-3)15-21(17)22(27)16-35-19-10-8-18(9-11-19)28(30)31/h4-11,14-15,22H,12-13,16H2,1-3H3/t22-/m0/s1. The molecule has 9 heteroatoms. The molecule has 0 radical (unpaired) electrons. The molecule has 9 nitrogen and oxygen atoms in total. The first kappa shape index (κ1) is 23.9. The van der Waals surface area contributed by atoms with Gasteiger partial charge in [-0.05, 0) is 53.9 Å². The van der Waals surface area contributed by atoms with Gasteiger partial charge in [0.25, 0.3) is 11.6 Å². The fraction of sp³-hybridized carbons (Fsp3) is 0.269. The summed E-state index contributed by atoms with van der Waals surface area (Å²) in [5.41, 5.74) is 2.35. The minimum atomic E-state index is -0.464. The number of nitro benzene ring substituents is 1. The fourth-order valence-corrected chi connectivity index (χ4v) is 4.27. The Morgan fingerprint density at radius 3 is 2.29 bits per heavy atom. The van der Waals surface area contributed by atoms with Crippen molar-refractivity contribution < 1.29 is 28.7 Å². The number of carbonyl (C=O) groups excluding carboxylic acids is 1. The number of hydrogen-bond acceptors (Lipinski definition) is 7. The molecule has 0 aliphatic carbocycles. The van der Waals surface area contributed by atoms with Crippen molar-refractivity contribution in [2.75, 3.05) is 34.5 Å². The molecule has 0 spiro atoms. The monoisotopic (exact) mass is 478 g/mol. The highest BCUT2D eigenvalue weighted by Crippen LogP contribution is 2.39. The molecule has 0 aromatic heterocycles. The summed E-state index contributed by atoms with van der Waals surface area (Å²) in [5.74, 6) is 1.95. The molecule has 0 unspecified atom stereocenters. The van der Waals surface area contributed by atoms with E-state index in [-0.39, 0.29) is 18.2 Å². The summed E-state index contributed by atoms with van der Waals surface area (Å²) in [5, 5.41) is 11.0. The number of benzene rings is 3. The van der Waals surface area contributed by atoms with E-state index in [4.69, 9.17) is 18.9 Å². The lowest BCUT2D eigenvalue weighted by atomic mass is 9.91. The zero-order chi connectivity index (χ0) is 24.9. The summed E-state index contributed by atoms with van der Waals surface area (Å²) in [6, 6.07) is 16.3. The first-order valence-electron chi connectivity index (χ1n) is 11.0. The van der Waals surface area contributed by atoms with Gasteiger partial charge in [-0.15, -0.1) is 0 Å². The molecule has 1 atom stereocenters. The summed E-state index contributed by atoms with van der Waals surface area (Å²) in [7, 11) is 4.68. The molecular weight excluding hydrogens is 452 g/mol. The third-order valence-electron chi connectivity index (χ3n) is 6.06. The average Bonchev–Trinajstić information content (AvgIpc) is 2.90. The van der Waals surface area contributed by atoms with Crippen molar-refractivity contribution in [1.82, 2.24) is 4.90 Å². The number of amides is 1.